The first-order valence-electron chi connectivity index (χ1n) is 7.44. The fourth-order valence-corrected chi connectivity index (χ4v) is 4.34. The number of carbonyl (C=O) groups is 1. The summed E-state index contributed by atoms with van der Waals surface area (Å²) in [7, 11) is -3.89. The zero-order valence-corrected chi connectivity index (χ0v) is 16.6. The molecule has 0 aliphatic heterocycles. The number of halogens is 3. The van der Waals surface area contributed by atoms with E-state index in [9.17, 15) is 17.6 Å². The number of thiazole rings is 1. The van der Waals surface area contributed by atoms with Crippen LogP contribution in [0.2, 0.25) is 10.0 Å². The SMILES string of the molecule is O=C(CS(=O)(=O)c1ccc(F)cc1)Nc1nc(-c2ccc(Cl)c(Cl)c2)cs1. The van der Waals surface area contributed by atoms with Crippen molar-refractivity contribution in [3.63, 3.8) is 0 Å². The highest BCUT2D eigenvalue weighted by molar-refractivity contribution is 7.92. The van der Waals surface area contributed by atoms with Crippen LogP contribution in [0, 0.1) is 5.82 Å². The Kier molecular flexibility index (Phi) is 5.81. The van der Waals surface area contributed by atoms with E-state index in [2.05, 4.69) is 10.3 Å². The molecule has 1 aromatic heterocycles. The molecule has 0 fully saturated rings. The van der Waals surface area contributed by atoms with Crippen molar-refractivity contribution in [3.8, 4) is 11.3 Å². The molecular weight excluding hydrogens is 434 g/mol. The van der Waals surface area contributed by atoms with Gasteiger partial charge in [-0.1, -0.05) is 29.3 Å². The van der Waals surface area contributed by atoms with Crippen molar-refractivity contribution in [2.75, 3.05) is 11.1 Å². The Bertz CT molecular complexity index is 1100. The van der Waals surface area contributed by atoms with Crippen LogP contribution in [0.3, 0.4) is 0 Å². The smallest absolute Gasteiger partial charge is 0.241 e. The summed E-state index contributed by atoms with van der Waals surface area (Å²) < 4.78 is 37.3. The molecule has 0 atom stereocenters. The quantitative estimate of drug-likeness (QED) is 0.580. The summed E-state index contributed by atoms with van der Waals surface area (Å²) in [5.41, 5.74) is 1.27. The number of aromatic nitrogens is 1. The summed E-state index contributed by atoms with van der Waals surface area (Å²) >= 11 is 13.0. The molecule has 0 radical (unpaired) electrons. The monoisotopic (exact) mass is 444 g/mol. The Morgan fingerprint density at radius 3 is 2.48 bits per heavy atom. The molecule has 5 nitrogen and oxygen atoms in total. The fraction of sp³-hybridized carbons (Fsp3) is 0.0588. The molecule has 0 spiro atoms. The van der Waals surface area contributed by atoms with Crippen molar-refractivity contribution in [3.05, 3.63) is 63.7 Å². The van der Waals surface area contributed by atoms with Crippen molar-refractivity contribution in [2.24, 2.45) is 0 Å². The summed E-state index contributed by atoms with van der Waals surface area (Å²) in [6.45, 7) is 0. The first-order chi connectivity index (χ1) is 12.7. The summed E-state index contributed by atoms with van der Waals surface area (Å²) in [4.78, 5) is 16.2. The molecule has 1 heterocycles. The van der Waals surface area contributed by atoms with Gasteiger partial charge in [0.1, 0.15) is 11.6 Å². The van der Waals surface area contributed by atoms with Gasteiger partial charge in [0.2, 0.25) is 5.91 Å². The van der Waals surface area contributed by atoms with E-state index < -0.39 is 27.3 Å². The van der Waals surface area contributed by atoms with Gasteiger partial charge in [0.15, 0.2) is 15.0 Å². The molecule has 0 saturated heterocycles. The molecule has 10 heteroatoms. The summed E-state index contributed by atoms with van der Waals surface area (Å²) in [5, 5.41) is 5.18. The van der Waals surface area contributed by atoms with Crippen molar-refractivity contribution >= 4 is 55.4 Å². The van der Waals surface area contributed by atoms with Crippen molar-refractivity contribution < 1.29 is 17.6 Å². The molecule has 0 unspecified atom stereocenters. The summed E-state index contributed by atoms with van der Waals surface area (Å²) in [5.74, 6) is -2.08. The number of rotatable bonds is 5. The third kappa shape index (κ3) is 4.84. The zero-order valence-electron chi connectivity index (χ0n) is 13.4. The number of hydrogen-bond donors (Lipinski definition) is 1. The highest BCUT2D eigenvalue weighted by Gasteiger charge is 2.20. The molecule has 2 aromatic carbocycles. The van der Waals surface area contributed by atoms with Crippen LogP contribution in [-0.2, 0) is 14.6 Å². The maximum Gasteiger partial charge on any atom is 0.241 e. The van der Waals surface area contributed by atoms with Crippen molar-refractivity contribution in [2.45, 2.75) is 4.90 Å². The Morgan fingerprint density at radius 2 is 1.81 bits per heavy atom. The highest BCUT2D eigenvalue weighted by Crippen LogP contribution is 2.30. The average Bonchev–Trinajstić information content (AvgIpc) is 3.05. The molecular formula is C17H11Cl2FN2O3S2. The summed E-state index contributed by atoms with van der Waals surface area (Å²) in [6.07, 6.45) is 0. The number of carbonyl (C=O) groups excluding carboxylic acids is 1. The number of amides is 1. The van der Waals surface area contributed by atoms with Gasteiger partial charge in [-0.2, -0.15) is 0 Å². The highest BCUT2D eigenvalue weighted by atomic mass is 35.5. The third-order valence-corrected chi connectivity index (χ3v) is 6.59. The van der Waals surface area contributed by atoms with E-state index in [0.29, 0.717) is 21.3 Å². The maximum atomic E-state index is 12.9. The molecule has 3 rings (SSSR count). The molecule has 3 aromatic rings. The third-order valence-electron chi connectivity index (χ3n) is 3.46. The lowest BCUT2D eigenvalue weighted by Crippen LogP contribution is -2.23. The Morgan fingerprint density at radius 1 is 1.11 bits per heavy atom. The van der Waals surface area contributed by atoms with Crippen LogP contribution in [0.15, 0.2) is 52.7 Å². The number of benzene rings is 2. The van der Waals surface area contributed by atoms with Crippen molar-refractivity contribution in [1.82, 2.24) is 4.98 Å². The number of nitrogens with zero attached hydrogens (tertiary/aromatic N) is 1. The Labute approximate surface area is 168 Å². The van der Waals surface area contributed by atoms with Gasteiger partial charge >= 0.3 is 0 Å². The van der Waals surface area contributed by atoms with Crippen LogP contribution in [0.4, 0.5) is 9.52 Å². The van der Waals surface area contributed by atoms with Gasteiger partial charge in [0, 0.05) is 10.9 Å². The van der Waals surface area contributed by atoms with Crippen LogP contribution in [-0.4, -0.2) is 25.1 Å². The van der Waals surface area contributed by atoms with Crippen LogP contribution < -0.4 is 5.32 Å². The zero-order chi connectivity index (χ0) is 19.6. The first kappa shape index (κ1) is 19.8. The lowest BCUT2D eigenvalue weighted by atomic mass is 10.2. The lowest BCUT2D eigenvalue weighted by Gasteiger charge is -2.04. The van der Waals surface area contributed by atoms with E-state index in [1.165, 1.54) is 0 Å². The molecule has 27 heavy (non-hydrogen) atoms. The van der Waals surface area contributed by atoms with E-state index in [-0.39, 0.29) is 10.0 Å². The second-order valence-electron chi connectivity index (χ2n) is 5.43. The maximum absolute atomic E-state index is 12.9. The van der Waals surface area contributed by atoms with E-state index in [4.69, 9.17) is 23.2 Å². The van der Waals surface area contributed by atoms with Gasteiger partial charge in [-0.25, -0.2) is 17.8 Å². The van der Waals surface area contributed by atoms with Gasteiger partial charge in [0.05, 0.1) is 20.6 Å². The fourth-order valence-electron chi connectivity index (χ4n) is 2.17. The minimum atomic E-state index is -3.89. The lowest BCUT2D eigenvalue weighted by molar-refractivity contribution is -0.113. The van der Waals surface area contributed by atoms with Crippen LogP contribution >= 0.6 is 34.5 Å². The second-order valence-corrected chi connectivity index (χ2v) is 9.09. The second kappa shape index (κ2) is 7.93. The van der Waals surface area contributed by atoms with Crippen LogP contribution in [0.25, 0.3) is 11.3 Å². The van der Waals surface area contributed by atoms with Gasteiger partial charge < -0.3 is 5.32 Å². The van der Waals surface area contributed by atoms with Gasteiger partial charge in [-0.05, 0) is 36.4 Å². The number of anilines is 1. The largest absolute Gasteiger partial charge is 0.301 e. The van der Waals surface area contributed by atoms with Gasteiger partial charge in [-0.15, -0.1) is 11.3 Å². The molecule has 0 aliphatic rings. The van der Waals surface area contributed by atoms with Crippen LogP contribution in [0.1, 0.15) is 0 Å². The Balaban J connectivity index is 1.70. The molecule has 0 bridgehead atoms. The topological polar surface area (TPSA) is 76.1 Å². The predicted octanol–water partition coefficient (Wildman–Crippen LogP) is 4.67. The molecule has 1 N–H and O–H groups in total. The molecule has 0 saturated carbocycles. The number of hydrogen-bond acceptors (Lipinski definition) is 5. The minimum Gasteiger partial charge on any atom is -0.301 e. The molecule has 140 valence electrons. The van der Waals surface area contributed by atoms with E-state index >= 15 is 0 Å². The molecule has 0 aliphatic carbocycles. The normalized spacial score (nSPS) is 11.4. The molecule has 1 amide bonds. The van der Waals surface area contributed by atoms with E-state index in [1.54, 1.807) is 23.6 Å². The van der Waals surface area contributed by atoms with Crippen molar-refractivity contribution in [1.29, 1.82) is 0 Å². The standard InChI is InChI=1S/C17H11Cl2FN2O3S2/c18-13-6-1-10(7-14(13)19)15-8-26-17(21-15)22-16(23)9-27(24,25)12-4-2-11(20)3-5-12/h1-8H,9H2,(H,21,22,23). The van der Waals surface area contributed by atoms with E-state index in [0.717, 1.165) is 35.6 Å². The first-order valence-corrected chi connectivity index (χ1v) is 10.7. The van der Waals surface area contributed by atoms with Gasteiger partial charge in [-0.3, -0.25) is 4.79 Å². The predicted molar refractivity (Wildman–Crippen MR) is 105 cm³/mol. The number of nitrogens with one attached hydrogen (secondary N) is 1. The Hall–Kier alpha value is -2.00. The van der Waals surface area contributed by atoms with Crippen LogP contribution in [0.5, 0.6) is 0 Å². The summed E-state index contributed by atoms with van der Waals surface area (Å²) in [6, 6.07) is 9.28. The van der Waals surface area contributed by atoms with Gasteiger partial charge in [0.25, 0.3) is 0 Å². The van der Waals surface area contributed by atoms with E-state index in [1.807, 2.05) is 0 Å². The average molecular weight is 445 g/mol. The minimum absolute atomic E-state index is 0.130. The number of sulfone groups is 1.